The summed E-state index contributed by atoms with van der Waals surface area (Å²) in [7, 11) is 3.13. The highest BCUT2D eigenvalue weighted by Crippen LogP contribution is 2.38. The van der Waals surface area contributed by atoms with Crippen molar-refractivity contribution in [2.24, 2.45) is 0 Å². The number of ether oxygens (including phenoxy) is 2. The molecule has 1 aromatic heterocycles. The third-order valence-electron chi connectivity index (χ3n) is 4.40. The average Bonchev–Trinajstić information content (AvgIpc) is 3.02. The molecule has 1 heterocycles. The van der Waals surface area contributed by atoms with Gasteiger partial charge < -0.3 is 14.8 Å². The largest absolute Gasteiger partial charge is 0.493 e. The molecular weight excluding hydrogens is 428 g/mol. The second kappa shape index (κ2) is 8.59. The lowest BCUT2D eigenvalue weighted by Gasteiger charge is -2.10. The number of aryl methyl sites for hydroxylation is 1. The number of anilines is 1. The van der Waals surface area contributed by atoms with Gasteiger partial charge in [-0.15, -0.1) is 11.3 Å². The van der Waals surface area contributed by atoms with Crippen molar-refractivity contribution in [2.45, 2.75) is 25.7 Å². The highest BCUT2D eigenvalue weighted by Gasteiger charge is 2.21. The number of carbonyl (C=O) groups is 1. The Kier molecular flexibility index (Phi) is 6.19. The average molecular weight is 447 g/mol. The number of nitrogens with one attached hydrogen (secondary N) is 1. The highest BCUT2D eigenvalue weighted by molar-refractivity contribution is 9.10. The van der Waals surface area contributed by atoms with Crippen molar-refractivity contribution < 1.29 is 14.3 Å². The number of methoxy groups -OCH3 is 2. The summed E-state index contributed by atoms with van der Waals surface area (Å²) in [5.74, 6) is 0.905. The molecule has 2 aromatic rings. The van der Waals surface area contributed by atoms with Gasteiger partial charge in [-0.05, 0) is 70.9 Å². The lowest BCUT2D eigenvalue weighted by Crippen LogP contribution is -2.07. The lowest BCUT2D eigenvalue weighted by molar-refractivity contribution is -0.111. The van der Waals surface area contributed by atoms with E-state index in [1.165, 1.54) is 22.3 Å². The van der Waals surface area contributed by atoms with Gasteiger partial charge in [0, 0.05) is 11.0 Å². The fraction of sp³-hybridized carbons (Fsp3) is 0.300. The first-order valence-electron chi connectivity index (χ1n) is 8.52. The summed E-state index contributed by atoms with van der Waals surface area (Å²) in [6.07, 6.45) is 7.29. The number of carbonyl (C=O) groups excluding carboxylic acids is 1. The Morgan fingerprint density at radius 2 is 2.07 bits per heavy atom. The van der Waals surface area contributed by atoms with Crippen LogP contribution in [0.25, 0.3) is 6.08 Å². The summed E-state index contributed by atoms with van der Waals surface area (Å²) in [5.41, 5.74) is 2.52. The molecule has 5 nitrogen and oxygen atoms in total. The predicted molar refractivity (Wildman–Crippen MR) is 111 cm³/mol. The van der Waals surface area contributed by atoms with Gasteiger partial charge in [-0.25, -0.2) is 0 Å². The van der Waals surface area contributed by atoms with Gasteiger partial charge in [-0.3, -0.25) is 4.79 Å². The Morgan fingerprint density at radius 3 is 2.78 bits per heavy atom. The van der Waals surface area contributed by atoms with E-state index in [9.17, 15) is 10.1 Å². The maximum atomic E-state index is 12.4. The minimum atomic E-state index is -0.268. The van der Waals surface area contributed by atoms with E-state index in [1.807, 2.05) is 6.07 Å². The summed E-state index contributed by atoms with van der Waals surface area (Å²) in [6, 6.07) is 5.89. The topological polar surface area (TPSA) is 71.3 Å². The minimum Gasteiger partial charge on any atom is -0.493 e. The van der Waals surface area contributed by atoms with Crippen LogP contribution in [0.2, 0.25) is 0 Å². The molecule has 0 atom stereocenters. The molecule has 140 valence electrons. The van der Waals surface area contributed by atoms with Crippen LogP contribution in [0, 0.1) is 11.3 Å². The summed E-state index contributed by atoms with van der Waals surface area (Å²) in [6.45, 7) is 0. The van der Waals surface area contributed by atoms with Crippen LogP contribution in [0.1, 0.15) is 34.4 Å². The van der Waals surface area contributed by atoms with Crippen LogP contribution in [0.3, 0.4) is 0 Å². The molecule has 1 aliphatic carbocycles. The van der Waals surface area contributed by atoms with Crippen LogP contribution in [0.4, 0.5) is 5.00 Å². The minimum absolute atomic E-state index is 0.268. The second-order valence-corrected chi connectivity index (χ2v) is 8.05. The highest BCUT2D eigenvalue weighted by atomic mass is 79.9. The smallest absolute Gasteiger partial charge is 0.249 e. The first-order valence-corrected chi connectivity index (χ1v) is 10.1. The molecule has 7 heteroatoms. The SMILES string of the molecule is COc1cc(C=CC(=O)Nc2sc3c(c2C#N)CCCC3)cc(Br)c1OC. The van der Waals surface area contributed by atoms with Crippen molar-refractivity contribution in [1.29, 1.82) is 5.26 Å². The Morgan fingerprint density at radius 1 is 1.30 bits per heavy atom. The maximum Gasteiger partial charge on any atom is 0.249 e. The van der Waals surface area contributed by atoms with Crippen LogP contribution in [0.5, 0.6) is 11.5 Å². The standard InChI is InChI=1S/C20H19BrN2O3S/c1-25-16-10-12(9-15(21)19(16)26-2)7-8-18(24)23-20-14(11-22)13-5-3-4-6-17(13)27-20/h7-10H,3-6H2,1-2H3,(H,23,24). The van der Waals surface area contributed by atoms with Gasteiger partial charge in [0.25, 0.3) is 0 Å². The van der Waals surface area contributed by atoms with Crippen molar-refractivity contribution in [3.63, 3.8) is 0 Å². The molecule has 1 aliphatic rings. The first-order chi connectivity index (χ1) is 13.1. The number of nitrogens with zero attached hydrogens (tertiary/aromatic N) is 1. The molecule has 1 N–H and O–H groups in total. The molecule has 0 spiro atoms. The molecule has 1 aromatic carbocycles. The molecular formula is C20H19BrN2O3S. The number of fused-ring (bicyclic) bond motifs is 1. The van der Waals surface area contributed by atoms with Crippen LogP contribution in [-0.4, -0.2) is 20.1 Å². The fourth-order valence-corrected chi connectivity index (χ4v) is 5.00. The first kappa shape index (κ1) is 19.5. The predicted octanol–water partition coefficient (Wildman–Crippen LogP) is 4.93. The number of rotatable bonds is 5. The van der Waals surface area contributed by atoms with E-state index >= 15 is 0 Å². The maximum absolute atomic E-state index is 12.4. The van der Waals surface area contributed by atoms with Gasteiger partial charge in [0.05, 0.1) is 24.3 Å². The van der Waals surface area contributed by atoms with Gasteiger partial charge in [-0.2, -0.15) is 5.26 Å². The van der Waals surface area contributed by atoms with Gasteiger partial charge >= 0.3 is 0 Å². The zero-order valence-electron chi connectivity index (χ0n) is 15.1. The number of hydrogen-bond acceptors (Lipinski definition) is 5. The number of thiophene rings is 1. The molecule has 0 saturated heterocycles. The summed E-state index contributed by atoms with van der Waals surface area (Å²) >= 11 is 4.95. The van der Waals surface area contributed by atoms with Crippen LogP contribution < -0.4 is 14.8 Å². The van der Waals surface area contributed by atoms with Gasteiger partial charge in [0.15, 0.2) is 11.5 Å². The molecule has 0 saturated carbocycles. The molecule has 0 aliphatic heterocycles. The van der Waals surface area contributed by atoms with Crippen molar-refractivity contribution in [3.8, 4) is 17.6 Å². The normalized spacial score (nSPS) is 13.1. The Balaban J connectivity index is 1.78. The Labute approximate surface area is 170 Å². The van der Waals surface area contributed by atoms with Gasteiger partial charge in [0.2, 0.25) is 5.91 Å². The van der Waals surface area contributed by atoms with E-state index in [2.05, 4.69) is 27.3 Å². The summed E-state index contributed by atoms with van der Waals surface area (Å²) in [4.78, 5) is 13.6. The number of halogens is 1. The van der Waals surface area contributed by atoms with E-state index in [-0.39, 0.29) is 5.91 Å². The molecule has 0 bridgehead atoms. The third-order valence-corrected chi connectivity index (χ3v) is 6.20. The number of nitriles is 1. The van der Waals surface area contributed by atoms with E-state index < -0.39 is 0 Å². The molecule has 3 rings (SSSR count). The third kappa shape index (κ3) is 4.18. The van der Waals surface area contributed by atoms with Gasteiger partial charge in [-0.1, -0.05) is 0 Å². The van der Waals surface area contributed by atoms with Crippen molar-refractivity contribution in [2.75, 3.05) is 19.5 Å². The van der Waals surface area contributed by atoms with E-state index in [0.29, 0.717) is 22.1 Å². The van der Waals surface area contributed by atoms with Crippen molar-refractivity contribution in [1.82, 2.24) is 0 Å². The number of amides is 1. The van der Waals surface area contributed by atoms with Crippen LogP contribution in [-0.2, 0) is 17.6 Å². The van der Waals surface area contributed by atoms with Crippen LogP contribution >= 0.6 is 27.3 Å². The molecule has 0 radical (unpaired) electrons. The van der Waals surface area contributed by atoms with Crippen LogP contribution in [0.15, 0.2) is 22.7 Å². The lowest BCUT2D eigenvalue weighted by atomic mass is 9.96. The van der Waals surface area contributed by atoms with E-state index in [4.69, 9.17) is 9.47 Å². The van der Waals surface area contributed by atoms with E-state index in [1.54, 1.807) is 26.4 Å². The Hall–Kier alpha value is -2.30. The fourth-order valence-electron chi connectivity index (χ4n) is 3.13. The molecule has 0 unspecified atom stereocenters. The zero-order valence-corrected chi connectivity index (χ0v) is 17.5. The second-order valence-electron chi connectivity index (χ2n) is 6.09. The number of hydrogen-bond donors (Lipinski definition) is 1. The molecule has 27 heavy (non-hydrogen) atoms. The quantitative estimate of drug-likeness (QED) is 0.660. The van der Waals surface area contributed by atoms with Gasteiger partial charge in [0.1, 0.15) is 11.1 Å². The summed E-state index contributed by atoms with van der Waals surface area (Å²) in [5, 5.41) is 13.0. The monoisotopic (exact) mass is 446 g/mol. The molecule has 1 amide bonds. The zero-order chi connectivity index (χ0) is 19.4. The van der Waals surface area contributed by atoms with E-state index in [0.717, 1.165) is 41.3 Å². The summed E-state index contributed by atoms with van der Waals surface area (Å²) < 4.78 is 11.3. The number of benzene rings is 1. The Bertz CT molecular complexity index is 944. The van der Waals surface area contributed by atoms with Crippen molar-refractivity contribution >= 4 is 44.3 Å². The van der Waals surface area contributed by atoms with Crippen molar-refractivity contribution in [3.05, 3.63) is 44.2 Å². The molecule has 0 fully saturated rings.